The van der Waals surface area contributed by atoms with Gasteiger partial charge >= 0.3 is 0 Å². The number of rotatable bonds is 4. The summed E-state index contributed by atoms with van der Waals surface area (Å²) in [5, 5.41) is 48.6. The van der Waals surface area contributed by atoms with E-state index in [1.807, 2.05) is 55.4 Å². The zero-order valence-corrected chi connectivity index (χ0v) is 21.6. The first-order valence-corrected chi connectivity index (χ1v) is 11.9. The molecule has 0 atom stereocenters. The average Bonchev–Trinajstić information content (AvgIpc) is 2.67. The van der Waals surface area contributed by atoms with Gasteiger partial charge in [-0.05, 0) is 104 Å². The van der Waals surface area contributed by atoms with Crippen molar-refractivity contribution in [3.05, 3.63) is 34.4 Å². The minimum Gasteiger partial charge on any atom is -0.545 e. The highest BCUT2D eigenvalue weighted by Gasteiger charge is 2.49. The highest BCUT2D eigenvalue weighted by atomic mass is 16.5. The molecule has 2 heterocycles. The maximum Gasteiger partial charge on any atom is 0.0724 e. The number of carboxylic acid groups (broad SMARTS) is 2. The fraction of sp³-hybridized carbons (Fsp3) is 0.692. The van der Waals surface area contributed by atoms with Gasteiger partial charge in [0.05, 0.1) is 11.9 Å². The molecule has 190 valence electrons. The predicted molar refractivity (Wildman–Crippen MR) is 123 cm³/mol. The van der Waals surface area contributed by atoms with Crippen LogP contribution in [0.3, 0.4) is 0 Å². The lowest BCUT2D eigenvalue weighted by molar-refractivity contribution is -0.260. The van der Waals surface area contributed by atoms with Gasteiger partial charge in [0.15, 0.2) is 0 Å². The van der Waals surface area contributed by atoms with Crippen molar-refractivity contribution in [1.82, 2.24) is 10.1 Å². The molecule has 2 N–H and O–H groups in total. The van der Waals surface area contributed by atoms with E-state index in [2.05, 4.69) is 0 Å². The Hall–Kier alpha value is -2.00. The van der Waals surface area contributed by atoms with E-state index >= 15 is 0 Å². The van der Waals surface area contributed by atoms with Crippen molar-refractivity contribution in [3.63, 3.8) is 0 Å². The Kier molecular flexibility index (Phi) is 6.49. The van der Waals surface area contributed by atoms with Gasteiger partial charge in [-0.25, -0.2) is 0 Å². The van der Waals surface area contributed by atoms with Gasteiger partial charge in [-0.1, -0.05) is 12.1 Å². The van der Waals surface area contributed by atoms with Crippen molar-refractivity contribution in [2.24, 2.45) is 0 Å². The van der Waals surface area contributed by atoms with Crippen molar-refractivity contribution < 1.29 is 30.2 Å². The monoisotopic (exact) mass is 474 g/mol. The summed E-state index contributed by atoms with van der Waals surface area (Å²) in [5.41, 5.74) is -1.99. The average molecular weight is 475 g/mol. The molecule has 0 aromatic heterocycles. The standard InChI is InChI=1S/C26H40N2O6/c1-23(2)11-15(12-24(3,4)27(23)33)17-9-10-18(21(29)30)20(22(31)32)19(17)16-13-25(5,6)28(34)26(7,8)14-16/h9-10,15-16,33-34H,11-14H2,1-8H3,(H,29,30)(H,31,32)/p-2. The van der Waals surface area contributed by atoms with Crippen LogP contribution < -0.4 is 10.2 Å². The summed E-state index contributed by atoms with van der Waals surface area (Å²) in [7, 11) is 0. The van der Waals surface area contributed by atoms with Gasteiger partial charge in [0.2, 0.25) is 0 Å². The van der Waals surface area contributed by atoms with E-state index in [1.54, 1.807) is 6.07 Å². The smallest absolute Gasteiger partial charge is 0.0724 e. The third kappa shape index (κ3) is 4.49. The van der Waals surface area contributed by atoms with E-state index in [9.17, 15) is 30.2 Å². The molecule has 1 aromatic rings. The predicted octanol–water partition coefficient (Wildman–Crippen LogP) is 2.67. The molecule has 0 spiro atoms. The minimum atomic E-state index is -1.56. The van der Waals surface area contributed by atoms with Gasteiger partial charge < -0.3 is 30.2 Å². The van der Waals surface area contributed by atoms with Crippen LogP contribution in [0, 0.1) is 0 Å². The van der Waals surface area contributed by atoms with Crippen molar-refractivity contribution >= 4 is 11.9 Å². The molecular weight excluding hydrogens is 436 g/mol. The Labute approximate surface area is 202 Å². The Balaban J connectivity index is 2.28. The molecule has 0 bridgehead atoms. The first-order chi connectivity index (χ1) is 15.3. The number of hydrogen-bond donors (Lipinski definition) is 2. The summed E-state index contributed by atoms with van der Waals surface area (Å²) in [6.45, 7) is 15.3. The van der Waals surface area contributed by atoms with E-state index in [1.165, 1.54) is 16.2 Å². The largest absolute Gasteiger partial charge is 0.545 e. The molecule has 8 nitrogen and oxygen atoms in total. The molecule has 0 saturated carbocycles. The fourth-order valence-electron chi connectivity index (χ4n) is 6.79. The second-order valence-corrected chi connectivity index (χ2v) is 12.6. The van der Waals surface area contributed by atoms with Gasteiger partial charge in [0.25, 0.3) is 0 Å². The number of carbonyl (C=O) groups excluding carboxylic acids is 2. The van der Waals surface area contributed by atoms with Gasteiger partial charge in [0, 0.05) is 33.3 Å². The number of benzene rings is 1. The molecule has 8 heteroatoms. The lowest BCUT2D eigenvalue weighted by Crippen LogP contribution is -2.59. The van der Waals surface area contributed by atoms with E-state index in [4.69, 9.17) is 0 Å². The second-order valence-electron chi connectivity index (χ2n) is 12.6. The van der Waals surface area contributed by atoms with Crippen LogP contribution in [-0.2, 0) is 0 Å². The third-order valence-corrected chi connectivity index (χ3v) is 7.83. The first-order valence-electron chi connectivity index (χ1n) is 11.9. The van der Waals surface area contributed by atoms with Crippen LogP contribution in [-0.4, -0.2) is 54.6 Å². The van der Waals surface area contributed by atoms with Gasteiger partial charge in [0.1, 0.15) is 0 Å². The Morgan fingerprint density at radius 1 is 0.735 bits per heavy atom. The van der Waals surface area contributed by atoms with E-state index in [0.29, 0.717) is 31.2 Å². The van der Waals surface area contributed by atoms with Crippen LogP contribution in [0.5, 0.6) is 0 Å². The number of carbonyl (C=O) groups is 2. The summed E-state index contributed by atoms with van der Waals surface area (Å²) >= 11 is 0. The zero-order valence-electron chi connectivity index (χ0n) is 21.6. The number of nitrogens with zero attached hydrogens (tertiary/aromatic N) is 2. The number of carboxylic acids is 2. The van der Waals surface area contributed by atoms with Crippen LogP contribution in [0.1, 0.15) is 125 Å². The van der Waals surface area contributed by atoms with Crippen molar-refractivity contribution in [2.75, 3.05) is 0 Å². The van der Waals surface area contributed by atoms with Crippen molar-refractivity contribution in [1.29, 1.82) is 0 Å². The van der Waals surface area contributed by atoms with Crippen LogP contribution in [0.25, 0.3) is 0 Å². The second kappa shape index (κ2) is 8.29. The first kappa shape index (κ1) is 26.6. The third-order valence-electron chi connectivity index (χ3n) is 7.83. The minimum absolute atomic E-state index is 0.115. The molecule has 2 fully saturated rings. The van der Waals surface area contributed by atoms with E-state index in [-0.39, 0.29) is 23.0 Å². The van der Waals surface area contributed by atoms with Crippen molar-refractivity contribution in [3.8, 4) is 0 Å². The van der Waals surface area contributed by atoms with Crippen LogP contribution in [0.15, 0.2) is 12.1 Å². The van der Waals surface area contributed by atoms with E-state index in [0.717, 1.165) is 5.56 Å². The molecule has 34 heavy (non-hydrogen) atoms. The molecule has 2 aliphatic rings. The topological polar surface area (TPSA) is 127 Å². The van der Waals surface area contributed by atoms with Gasteiger partial charge in [-0.3, -0.25) is 0 Å². The highest BCUT2D eigenvalue weighted by Crippen LogP contribution is 2.51. The van der Waals surface area contributed by atoms with Crippen molar-refractivity contribution in [2.45, 2.75) is 115 Å². The Morgan fingerprint density at radius 2 is 1.12 bits per heavy atom. The number of piperidine rings is 2. The summed E-state index contributed by atoms with van der Waals surface area (Å²) in [4.78, 5) is 24.3. The quantitative estimate of drug-likeness (QED) is 0.682. The Morgan fingerprint density at radius 3 is 1.47 bits per heavy atom. The normalized spacial score (nSPS) is 25.2. The van der Waals surface area contributed by atoms with Crippen LogP contribution in [0.4, 0.5) is 0 Å². The summed E-state index contributed by atoms with van der Waals surface area (Å²) in [6.07, 6.45) is 1.98. The SMILES string of the molecule is CC1(C)CC(c2ccc(C(=O)[O-])c(C(=O)[O-])c2C2CC(C)(C)N(O)C(C)(C)C2)CC(C)(C)N1O. The summed E-state index contributed by atoms with van der Waals surface area (Å²) < 4.78 is 0. The van der Waals surface area contributed by atoms with Crippen LogP contribution >= 0.6 is 0 Å². The number of aromatic carboxylic acids is 2. The molecule has 2 aliphatic heterocycles. The molecule has 1 aromatic carbocycles. The van der Waals surface area contributed by atoms with Gasteiger partial charge in [-0.2, -0.15) is 10.1 Å². The maximum atomic E-state index is 12.4. The molecule has 2 saturated heterocycles. The molecule has 0 radical (unpaired) electrons. The number of hydroxylamine groups is 4. The maximum absolute atomic E-state index is 12.4. The van der Waals surface area contributed by atoms with Crippen LogP contribution in [0.2, 0.25) is 0 Å². The molecular formula is C26H38N2O6-2. The summed E-state index contributed by atoms with van der Waals surface area (Å²) in [6, 6.07) is 3.02. The van der Waals surface area contributed by atoms with Gasteiger partial charge in [-0.15, -0.1) is 0 Å². The number of hydrogen-bond acceptors (Lipinski definition) is 8. The Bertz CT molecular complexity index is 961. The lowest BCUT2D eigenvalue weighted by atomic mass is 9.66. The van der Waals surface area contributed by atoms with E-state index < -0.39 is 34.1 Å². The summed E-state index contributed by atoms with van der Waals surface area (Å²) in [5.74, 6) is -3.54. The zero-order chi connectivity index (χ0) is 26.0. The fourth-order valence-corrected chi connectivity index (χ4v) is 6.79. The lowest BCUT2D eigenvalue weighted by Gasteiger charge is -2.54. The molecule has 3 rings (SSSR count). The molecule has 0 amide bonds. The molecule has 0 unspecified atom stereocenters. The highest BCUT2D eigenvalue weighted by molar-refractivity contribution is 6.01. The molecule has 0 aliphatic carbocycles.